The van der Waals surface area contributed by atoms with Crippen LogP contribution in [-0.4, -0.2) is 6.21 Å². The molecule has 0 bridgehead atoms. The lowest BCUT2D eigenvalue weighted by Crippen LogP contribution is -1.81. The molecular weight excluding hydrogens is 158 g/mol. The van der Waals surface area contributed by atoms with Gasteiger partial charge in [0.1, 0.15) is 0 Å². The minimum Gasteiger partial charge on any atom is -0.256 e. The standard InChI is InChI=1S/C12H11N/c1-10-6-5-8-11-7-3-2-4-9-13-12(10)11/h2-9H,1H3. The Labute approximate surface area is 78.1 Å². The van der Waals surface area contributed by atoms with Crippen molar-refractivity contribution in [1.29, 1.82) is 0 Å². The fraction of sp³-hybridized carbons (Fsp3) is 0.0833. The van der Waals surface area contributed by atoms with Gasteiger partial charge in [-0.2, -0.15) is 0 Å². The minimum absolute atomic E-state index is 1.07. The highest BCUT2D eigenvalue weighted by Gasteiger charge is 2.00. The molecular formula is C12H11N. The van der Waals surface area contributed by atoms with Gasteiger partial charge in [-0.3, -0.25) is 4.99 Å². The zero-order valence-electron chi connectivity index (χ0n) is 7.57. The Morgan fingerprint density at radius 2 is 2.00 bits per heavy atom. The molecule has 0 saturated heterocycles. The maximum Gasteiger partial charge on any atom is 0.0731 e. The zero-order chi connectivity index (χ0) is 9.10. The average Bonchev–Trinajstić information content (AvgIpc) is 2.07. The van der Waals surface area contributed by atoms with Crippen molar-refractivity contribution in [2.45, 2.75) is 6.92 Å². The number of hydrogen-bond acceptors (Lipinski definition) is 1. The second-order valence-electron chi connectivity index (χ2n) is 3.03. The number of rotatable bonds is 0. The summed E-state index contributed by atoms with van der Waals surface area (Å²) >= 11 is 0. The van der Waals surface area contributed by atoms with Gasteiger partial charge in [0.25, 0.3) is 0 Å². The maximum atomic E-state index is 4.38. The van der Waals surface area contributed by atoms with Crippen molar-refractivity contribution >= 4 is 18.0 Å². The largest absolute Gasteiger partial charge is 0.256 e. The van der Waals surface area contributed by atoms with Crippen LogP contribution in [0.5, 0.6) is 0 Å². The number of aliphatic imine (C=N–C) groups is 1. The molecule has 0 amide bonds. The van der Waals surface area contributed by atoms with E-state index in [1.54, 1.807) is 0 Å². The number of hydrogen-bond donors (Lipinski definition) is 0. The molecule has 0 aromatic heterocycles. The zero-order valence-corrected chi connectivity index (χ0v) is 7.57. The molecule has 13 heavy (non-hydrogen) atoms. The van der Waals surface area contributed by atoms with Crippen molar-refractivity contribution in [3.05, 3.63) is 47.6 Å². The average molecular weight is 169 g/mol. The van der Waals surface area contributed by atoms with Crippen LogP contribution >= 0.6 is 0 Å². The first-order valence-corrected chi connectivity index (χ1v) is 4.35. The first-order chi connectivity index (χ1) is 6.38. The van der Waals surface area contributed by atoms with Crippen LogP contribution in [0.4, 0.5) is 5.69 Å². The van der Waals surface area contributed by atoms with Crippen LogP contribution in [-0.2, 0) is 0 Å². The van der Waals surface area contributed by atoms with E-state index >= 15 is 0 Å². The predicted molar refractivity (Wildman–Crippen MR) is 57.5 cm³/mol. The lowest BCUT2D eigenvalue weighted by atomic mass is 10.1. The molecule has 0 saturated carbocycles. The van der Waals surface area contributed by atoms with Crippen molar-refractivity contribution in [3.8, 4) is 0 Å². The van der Waals surface area contributed by atoms with Gasteiger partial charge in [-0.1, -0.05) is 36.4 Å². The summed E-state index contributed by atoms with van der Waals surface area (Å²) in [6.07, 6.45) is 9.86. The molecule has 1 heterocycles. The van der Waals surface area contributed by atoms with E-state index in [2.05, 4.69) is 36.2 Å². The van der Waals surface area contributed by atoms with Crippen molar-refractivity contribution in [2.75, 3.05) is 0 Å². The van der Waals surface area contributed by atoms with E-state index in [4.69, 9.17) is 0 Å². The van der Waals surface area contributed by atoms with E-state index in [1.165, 1.54) is 11.1 Å². The maximum absolute atomic E-state index is 4.38. The highest BCUT2D eigenvalue weighted by molar-refractivity contribution is 5.80. The first-order valence-electron chi connectivity index (χ1n) is 4.35. The second-order valence-corrected chi connectivity index (χ2v) is 3.03. The Morgan fingerprint density at radius 1 is 1.08 bits per heavy atom. The van der Waals surface area contributed by atoms with E-state index < -0.39 is 0 Å². The number of aryl methyl sites for hydroxylation is 1. The summed E-state index contributed by atoms with van der Waals surface area (Å²) in [6.45, 7) is 2.08. The number of fused-ring (bicyclic) bond motifs is 1. The summed E-state index contributed by atoms with van der Waals surface area (Å²) in [4.78, 5) is 4.38. The van der Waals surface area contributed by atoms with Gasteiger partial charge >= 0.3 is 0 Å². The summed E-state index contributed by atoms with van der Waals surface area (Å²) in [5, 5.41) is 0. The molecule has 0 atom stereocenters. The van der Waals surface area contributed by atoms with Crippen LogP contribution < -0.4 is 0 Å². The third kappa shape index (κ3) is 1.59. The fourth-order valence-electron chi connectivity index (χ4n) is 1.38. The third-order valence-corrected chi connectivity index (χ3v) is 2.06. The molecule has 1 aliphatic heterocycles. The lowest BCUT2D eigenvalue weighted by molar-refractivity contribution is 1.39. The lowest BCUT2D eigenvalue weighted by Gasteiger charge is -2.04. The summed E-state index contributed by atoms with van der Waals surface area (Å²) in [6, 6.07) is 6.21. The number of allylic oxidation sites excluding steroid dienone is 3. The van der Waals surface area contributed by atoms with Gasteiger partial charge < -0.3 is 0 Å². The van der Waals surface area contributed by atoms with Gasteiger partial charge in [-0.25, -0.2) is 0 Å². The molecule has 1 nitrogen and oxygen atoms in total. The molecule has 0 aliphatic carbocycles. The Balaban J connectivity index is 2.62. The van der Waals surface area contributed by atoms with Crippen LogP contribution in [0.15, 0.2) is 41.4 Å². The smallest absolute Gasteiger partial charge is 0.0731 e. The normalized spacial score (nSPS) is 13.6. The molecule has 2 rings (SSSR count). The third-order valence-electron chi connectivity index (χ3n) is 2.06. The van der Waals surface area contributed by atoms with E-state index in [1.807, 2.05) is 24.4 Å². The molecule has 1 aromatic carbocycles. The van der Waals surface area contributed by atoms with Crippen LogP contribution in [0.1, 0.15) is 11.1 Å². The highest BCUT2D eigenvalue weighted by atomic mass is 14.7. The quantitative estimate of drug-likeness (QED) is 0.565. The minimum atomic E-state index is 1.07. The Kier molecular flexibility index (Phi) is 2.09. The van der Waals surface area contributed by atoms with Gasteiger partial charge in [0, 0.05) is 11.8 Å². The summed E-state index contributed by atoms with van der Waals surface area (Å²) < 4.78 is 0. The van der Waals surface area contributed by atoms with Gasteiger partial charge in [0.15, 0.2) is 0 Å². The molecule has 0 radical (unpaired) electrons. The predicted octanol–water partition coefficient (Wildman–Crippen LogP) is 3.28. The summed E-state index contributed by atoms with van der Waals surface area (Å²) in [5.74, 6) is 0. The van der Waals surface area contributed by atoms with E-state index in [9.17, 15) is 0 Å². The Bertz CT molecular complexity index is 398. The van der Waals surface area contributed by atoms with Crippen LogP contribution in [0.2, 0.25) is 0 Å². The van der Waals surface area contributed by atoms with Gasteiger partial charge in [-0.05, 0) is 18.6 Å². The molecule has 1 aliphatic rings. The van der Waals surface area contributed by atoms with Crippen molar-refractivity contribution in [1.82, 2.24) is 0 Å². The van der Waals surface area contributed by atoms with Crippen LogP contribution in [0.25, 0.3) is 6.08 Å². The van der Waals surface area contributed by atoms with E-state index in [0.29, 0.717) is 0 Å². The van der Waals surface area contributed by atoms with Gasteiger partial charge in [0.05, 0.1) is 5.69 Å². The number of benzene rings is 1. The van der Waals surface area contributed by atoms with Gasteiger partial charge in [0.2, 0.25) is 0 Å². The molecule has 0 spiro atoms. The molecule has 64 valence electrons. The molecule has 1 heteroatoms. The van der Waals surface area contributed by atoms with Crippen molar-refractivity contribution in [3.63, 3.8) is 0 Å². The SMILES string of the molecule is Cc1cccc2c1N=CC=CC=C2. The topological polar surface area (TPSA) is 12.4 Å². The van der Waals surface area contributed by atoms with E-state index in [-0.39, 0.29) is 0 Å². The van der Waals surface area contributed by atoms with Crippen molar-refractivity contribution < 1.29 is 0 Å². The Morgan fingerprint density at radius 3 is 2.92 bits per heavy atom. The van der Waals surface area contributed by atoms with Gasteiger partial charge in [-0.15, -0.1) is 0 Å². The second kappa shape index (κ2) is 3.40. The fourth-order valence-corrected chi connectivity index (χ4v) is 1.38. The molecule has 0 unspecified atom stereocenters. The van der Waals surface area contributed by atoms with Crippen LogP contribution in [0.3, 0.4) is 0 Å². The summed E-state index contributed by atoms with van der Waals surface area (Å²) in [7, 11) is 0. The number of nitrogens with zero attached hydrogens (tertiary/aromatic N) is 1. The van der Waals surface area contributed by atoms with Crippen molar-refractivity contribution in [2.24, 2.45) is 4.99 Å². The Hall–Kier alpha value is -1.63. The van der Waals surface area contributed by atoms with E-state index in [0.717, 1.165) is 5.69 Å². The molecule has 1 aromatic rings. The number of para-hydroxylation sites is 1. The van der Waals surface area contributed by atoms with Crippen LogP contribution in [0, 0.1) is 6.92 Å². The molecule has 0 fully saturated rings. The monoisotopic (exact) mass is 169 g/mol. The summed E-state index contributed by atoms with van der Waals surface area (Å²) in [5.41, 5.74) is 3.47. The first kappa shape index (κ1) is 7.99. The molecule has 0 N–H and O–H groups in total. The highest BCUT2D eigenvalue weighted by Crippen LogP contribution is 2.25.